The molecular formula is C22H19F2N5O3S. The van der Waals surface area contributed by atoms with Crippen molar-refractivity contribution in [1.29, 1.82) is 0 Å². The number of benzene rings is 1. The van der Waals surface area contributed by atoms with Gasteiger partial charge in [-0.25, -0.2) is 22.2 Å². The van der Waals surface area contributed by atoms with Crippen molar-refractivity contribution in [2.75, 3.05) is 29.1 Å². The smallest absolute Gasteiger partial charge is 0.258 e. The van der Waals surface area contributed by atoms with E-state index in [1.165, 1.54) is 19.2 Å². The highest BCUT2D eigenvalue weighted by molar-refractivity contribution is 7.89. The van der Waals surface area contributed by atoms with Gasteiger partial charge in [-0.3, -0.25) is 9.52 Å². The molecular weight excluding hydrogens is 452 g/mol. The highest BCUT2D eigenvalue weighted by Crippen LogP contribution is 2.37. The molecule has 0 spiro atoms. The quantitative estimate of drug-likeness (QED) is 0.592. The summed E-state index contributed by atoms with van der Waals surface area (Å²) >= 11 is 0. The maximum atomic E-state index is 14.7. The molecule has 0 aliphatic carbocycles. The molecule has 0 atom stereocenters. The molecule has 0 fully saturated rings. The molecule has 0 amide bonds. The van der Waals surface area contributed by atoms with E-state index in [1.54, 1.807) is 35.2 Å². The van der Waals surface area contributed by atoms with Gasteiger partial charge in [0.2, 0.25) is 10.0 Å². The van der Waals surface area contributed by atoms with Gasteiger partial charge in [0.05, 0.1) is 39.3 Å². The molecule has 0 saturated carbocycles. The van der Waals surface area contributed by atoms with Crippen LogP contribution < -0.4 is 30.6 Å². The van der Waals surface area contributed by atoms with Crippen LogP contribution in [0, 0.1) is 11.6 Å². The third kappa shape index (κ3) is 3.35. The van der Waals surface area contributed by atoms with Gasteiger partial charge in [0, 0.05) is 37.3 Å². The minimum Gasteiger partial charge on any atom is -0.350 e. The van der Waals surface area contributed by atoms with Crippen molar-refractivity contribution < 1.29 is 17.2 Å². The monoisotopic (exact) mass is 471 g/mol. The fraction of sp³-hybridized carbons (Fsp3) is 0.182. The molecule has 1 aromatic carbocycles. The first-order valence-corrected chi connectivity index (χ1v) is 11.8. The maximum Gasteiger partial charge on any atom is 0.258 e. The van der Waals surface area contributed by atoms with Crippen LogP contribution in [0.1, 0.15) is 6.92 Å². The zero-order chi connectivity index (χ0) is 23.5. The maximum absolute atomic E-state index is 14.7. The van der Waals surface area contributed by atoms with Crippen LogP contribution in [-0.2, 0) is 10.0 Å². The van der Waals surface area contributed by atoms with Crippen LogP contribution in [0.5, 0.6) is 0 Å². The number of sulfonamides is 1. The Hall–Kier alpha value is -3.73. The molecule has 0 bridgehead atoms. The van der Waals surface area contributed by atoms with Crippen molar-refractivity contribution in [3.05, 3.63) is 69.2 Å². The lowest BCUT2D eigenvalue weighted by atomic mass is 10.0. The van der Waals surface area contributed by atoms with Crippen LogP contribution >= 0.6 is 0 Å². The number of fused-ring (bicyclic) bond motifs is 2. The molecule has 0 aromatic heterocycles. The predicted molar refractivity (Wildman–Crippen MR) is 122 cm³/mol. The summed E-state index contributed by atoms with van der Waals surface area (Å²) in [7, 11) is -1.86. The summed E-state index contributed by atoms with van der Waals surface area (Å²) in [4.78, 5) is 23.7. The Kier molecular flexibility index (Phi) is 4.74. The molecule has 170 valence electrons. The number of aromatic nitrogens is 2. The molecule has 8 nitrogen and oxygen atoms in total. The molecule has 0 radical (unpaired) electrons. The molecule has 4 heterocycles. The predicted octanol–water partition coefficient (Wildman–Crippen LogP) is 1.10. The number of halogens is 2. The summed E-state index contributed by atoms with van der Waals surface area (Å²) in [6.07, 6.45) is 6.43. The Labute approximate surface area is 187 Å². The van der Waals surface area contributed by atoms with E-state index in [4.69, 9.17) is 0 Å². The molecule has 11 heteroatoms. The fourth-order valence-electron chi connectivity index (χ4n) is 4.12. The lowest BCUT2D eigenvalue weighted by molar-refractivity contribution is 0.582. The standard InChI is InChI=1S/C22H19F2N5O3S/c1-3-33(31,32)27-15-6-8-28(2)20-13(15)11-25-21-18-16(26-22(30)19(18)20)7-9-29(21)17-5-4-12(23)10-14(17)24/h4-8,10-11,27H,3,9H2,1-2H3,(H,26,30). The van der Waals surface area contributed by atoms with Gasteiger partial charge in [-0.2, -0.15) is 0 Å². The molecule has 1 aromatic rings. The summed E-state index contributed by atoms with van der Waals surface area (Å²) in [5.74, 6) is -1.30. The van der Waals surface area contributed by atoms with Crippen molar-refractivity contribution >= 4 is 39.0 Å². The number of aromatic amines is 1. The SMILES string of the molecule is CCS(=O)(=O)NC1=c2cnc3c4c([nH]c(=O)c-4c2N(C)C=C1)=CCN3c1ccc(F)cc1F. The van der Waals surface area contributed by atoms with E-state index in [9.17, 15) is 22.0 Å². The molecule has 33 heavy (non-hydrogen) atoms. The average molecular weight is 471 g/mol. The zero-order valence-corrected chi connectivity index (χ0v) is 18.5. The van der Waals surface area contributed by atoms with E-state index in [0.717, 1.165) is 12.1 Å². The molecule has 2 N–H and O–H groups in total. The van der Waals surface area contributed by atoms with Gasteiger partial charge in [0.1, 0.15) is 17.5 Å². The van der Waals surface area contributed by atoms with Crippen molar-refractivity contribution in [1.82, 2.24) is 14.7 Å². The van der Waals surface area contributed by atoms with Crippen LogP contribution in [0.15, 0.2) is 41.5 Å². The van der Waals surface area contributed by atoms with Gasteiger partial charge < -0.3 is 14.8 Å². The van der Waals surface area contributed by atoms with Gasteiger partial charge in [-0.05, 0) is 31.2 Å². The Balaban J connectivity index is 1.84. The minimum absolute atomic E-state index is 0.104. The third-order valence-corrected chi connectivity index (χ3v) is 7.00. The number of anilines is 3. The van der Waals surface area contributed by atoms with Crippen LogP contribution in [0.2, 0.25) is 0 Å². The summed E-state index contributed by atoms with van der Waals surface area (Å²) in [5, 5.41) is 0.936. The van der Waals surface area contributed by atoms with Crippen molar-refractivity contribution in [3.8, 4) is 11.1 Å². The van der Waals surface area contributed by atoms with E-state index >= 15 is 0 Å². The number of H-pyrrole nitrogens is 1. The summed E-state index contributed by atoms with van der Waals surface area (Å²) in [5.41, 5.74) is 1.21. The Morgan fingerprint density at radius 1 is 1.24 bits per heavy atom. The molecule has 4 aliphatic heterocycles. The zero-order valence-electron chi connectivity index (χ0n) is 17.7. The van der Waals surface area contributed by atoms with Crippen LogP contribution in [0.25, 0.3) is 22.9 Å². The number of nitrogens with zero attached hydrogens (tertiary/aromatic N) is 3. The van der Waals surface area contributed by atoms with Crippen molar-refractivity contribution in [3.63, 3.8) is 0 Å². The third-order valence-electron chi connectivity index (χ3n) is 5.71. The first-order chi connectivity index (χ1) is 15.7. The summed E-state index contributed by atoms with van der Waals surface area (Å²) < 4.78 is 55.2. The lowest BCUT2D eigenvalue weighted by Gasteiger charge is -2.26. The van der Waals surface area contributed by atoms with Crippen molar-refractivity contribution in [2.24, 2.45) is 0 Å². The Morgan fingerprint density at radius 3 is 2.76 bits per heavy atom. The largest absolute Gasteiger partial charge is 0.350 e. The first kappa shape index (κ1) is 21.1. The van der Waals surface area contributed by atoms with E-state index in [0.29, 0.717) is 27.6 Å². The molecule has 0 unspecified atom stereocenters. The Bertz CT molecular complexity index is 1600. The Morgan fingerprint density at radius 2 is 2.03 bits per heavy atom. The summed E-state index contributed by atoms with van der Waals surface area (Å²) in [6.45, 7) is 1.71. The number of nitrogens with one attached hydrogen (secondary N) is 2. The van der Waals surface area contributed by atoms with Crippen LogP contribution in [0.3, 0.4) is 0 Å². The van der Waals surface area contributed by atoms with E-state index < -0.39 is 21.7 Å². The second-order valence-electron chi connectivity index (χ2n) is 7.72. The van der Waals surface area contributed by atoms with E-state index in [2.05, 4.69) is 14.7 Å². The second kappa shape index (κ2) is 7.41. The first-order valence-electron chi connectivity index (χ1n) is 10.1. The molecule has 4 aliphatic rings. The highest BCUT2D eigenvalue weighted by Gasteiger charge is 2.30. The topological polar surface area (TPSA) is 98.4 Å². The second-order valence-corrected chi connectivity index (χ2v) is 9.73. The van der Waals surface area contributed by atoms with E-state index in [1.807, 2.05) is 0 Å². The average Bonchev–Trinajstić information content (AvgIpc) is 2.97. The normalized spacial score (nSPS) is 15.0. The van der Waals surface area contributed by atoms with Gasteiger partial charge in [0.15, 0.2) is 0 Å². The molecule has 0 saturated heterocycles. The number of rotatable bonds is 4. The van der Waals surface area contributed by atoms with Gasteiger partial charge in [0.25, 0.3) is 5.56 Å². The van der Waals surface area contributed by atoms with Gasteiger partial charge >= 0.3 is 0 Å². The van der Waals surface area contributed by atoms with Gasteiger partial charge in [-0.15, -0.1) is 0 Å². The number of hydrogen-bond acceptors (Lipinski definition) is 6. The lowest BCUT2D eigenvalue weighted by Crippen LogP contribution is -2.33. The minimum atomic E-state index is -3.60. The van der Waals surface area contributed by atoms with E-state index in [-0.39, 0.29) is 34.8 Å². The summed E-state index contributed by atoms with van der Waals surface area (Å²) in [6, 6.07) is 3.25. The fourth-order valence-corrected chi connectivity index (χ4v) is 4.78. The van der Waals surface area contributed by atoms with Gasteiger partial charge in [-0.1, -0.05) is 0 Å². The van der Waals surface area contributed by atoms with Crippen molar-refractivity contribution in [2.45, 2.75) is 6.92 Å². The molecule has 5 rings (SSSR count). The number of hydrogen-bond donors (Lipinski definition) is 2. The van der Waals surface area contributed by atoms with Crippen LogP contribution in [-0.4, -0.2) is 37.7 Å². The van der Waals surface area contributed by atoms with Crippen LogP contribution in [0.4, 0.5) is 26.0 Å². The highest BCUT2D eigenvalue weighted by atomic mass is 32.2.